The van der Waals surface area contributed by atoms with Crippen molar-refractivity contribution >= 4 is 17.2 Å². The molecule has 4 aromatic rings. The number of nitrogens with zero attached hydrogens (tertiary/aromatic N) is 2. The number of carbonyl (C=O) groups excluding carboxylic acids is 1. The van der Waals surface area contributed by atoms with Gasteiger partial charge in [-0.3, -0.25) is 9.69 Å². The summed E-state index contributed by atoms with van der Waals surface area (Å²) < 4.78 is 13.5. The molecule has 186 valence electrons. The van der Waals surface area contributed by atoms with Gasteiger partial charge in [-0.25, -0.2) is 9.37 Å². The summed E-state index contributed by atoms with van der Waals surface area (Å²) in [6.45, 7) is 4.79. The van der Waals surface area contributed by atoms with E-state index in [1.807, 2.05) is 36.6 Å². The predicted molar refractivity (Wildman–Crippen MR) is 145 cm³/mol. The molecule has 0 bridgehead atoms. The van der Waals surface area contributed by atoms with E-state index in [0.29, 0.717) is 25.3 Å². The number of hydrogen-bond donors (Lipinski definition) is 1. The molecule has 4 nitrogen and oxygen atoms in total. The number of nitrogens with one attached hydrogen (secondary N) is 1. The Kier molecular flexibility index (Phi) is 9.36. The maximum Gasteiger partial charge on any atom is 0.270 e. The van der Waals surface area contributed by atoms with Crippen molar-refractivity contribution in [2.45, 2.75) is 38.8 Å². The van der Waals surface area contributed by atoms with Crippen LogP contribution >= 0.6 is 11.3 Å². The minimum absolute atomic E-state index is 0.127. The predicted octanol–water partition coefficient (Wildman–Crippen LogP) is 6.65. The number of thiazole rings is 1. The van der Waals surface area contributed by atoms with Crippen LogP contribution in [0, 0.1) is 5.82 Å². The van der Waals surface area contributed by atoms with E-state index < -0.39 is 0 Å². The lowest BCUT2D eigenvalue weighted by molar-refractivity contribution is 0.0949. The summed E-state index contributed by atoms with van der Waals surface area (Å²) in [7, 11) is 0. The first-order chi connectivity index (χ1) is 17.6. The molecule has 1 heterocycles. The molecule has 0 aliphatic carbocycles. The van der Waals surface area contributed by atoms with E-state index in [-0.39, 0.29) is 17.6 Å². The Labute approximate surface area is 216 Å². The van der Waals surface area contributed by atoms with Crippen LogP contribution in [0.15, 0.2) is 90.3 Å². The van der Waals surface area contributed by atoms with E-state index in [4.69, 9.17) is 0 Å². The van der Waals surface area contributed by atoms with Gasteiger partial charge in [-0.05, 0) is 48.2 Å². The summed E-state index contributed by atoms with van der Waals surface area (Å²) in [4.78, 5) is 19.3. The van der Waals surface area contributed by atoms with E-state index >= 15 is 0 Å². The fourth-order valence-corrected chi connectivity index (χ4v) is 5.09. The van der Waals surface area contributed by atoms with Gasteiger partial charge in [0.2, 0.25) is 0 Å². The van der Waals surface area contributed by atoms with E-state index in [2.05, 4.69) is 63.7 Å². The summed E-state index contributed by atoms with van der Waals surface area (Å²) in [6, 6.07) is 27.8. The number of aromatic nitrogens is 1. The van der Waals surface area contributed by atoms with Crippen molar-refractivity contribution in [3.8, 4) is 0 Å². The summed E-state index contributed by atoms with van der Waals surface area (Å²) in [5, 5.41) is 5.62. The zero-order chi connectivity index (χ0) is 25.2. The smallest absolute Gasteiger partial charge is 0.270 e. The SMILES string of the molecule is CCCNC(=O)c1csc(CN(CCC(c2ccccc2)c2ccccc2)Cc2ccc(F)cc2)n1. The number of rotatable bonds is 12. The van der Waals surface area contributed by atoms with Crippen LogP contribution in [0.2, 0.25) is 0 Å². The highest BCUT2D eigenvalue weighted by Crippen LogP contribution is 2.29. The Morgan fingerprint density at radius 1 is 0.944 bits per heavy atom. The topological polar surface area (TPSA) is 45.2 Å². The van der Waals surface area contributed by atoms with Crippen LogP contribution in [-0.4, -0.2) is 28.9 Å². The minimum Gasteiger partial charge on any atom is -0.351 e. The number of hydrogen-bond acceptors (Lipinski definition) is 4. The van der Waals surface area contributed by atoms with Crippen LogP contribution in [0.25, 0.3) is 0 Å². The molecule has 3 aromatic carbocycles. The third-order valence-corrected chi connectivity index (χ3v) is 6.97. The van der Waals surface area contributed by atoms with Crippen LogP contribution in [0.4, 0.5) is 4.39 Å². The Morgan fingerprint density at radius 3 is 2.19 bits per heavy atom. The zero-order valence-electron chi connectivity index (χ0n) is 20.6. The van der Waals surface area contributed by atoms with Crippen LogP contribution in [0.3, 0.4) is 0 Å². The molecule has 1 amide bonds. The van der Waals surface area contributed by atoms with Gasteiger partial charge in [-0.15, -0.1) is 11.3 Å². The first-order valence-electron chi connectivity index (χ1n) is 12.4. The van der Waals surface area contributed by atoms with E-state index in [0.717, 1.165) is 30.0 Å². The standard InChI is InChI=1S/C30H32FN3OS/c1-2-18-32-30(35)28-22-36-29(33-28)21-34(20-23-13-15-26(31)16-14-23)19-17-27(24-9-5-3-6-10-24)25-11-7-4-8-12-25/h3-16,22,27H,2,17-21H2,1H3,(H,32,35). The van der Waals surface area contributed by atoms with Crippen LogP contribution < -0.4 is 5.32 Å². The monoisotopic (exact) mass is 501 g/mol. The quantitative estimate of drug-likeness (QED) is 0.236. The molecule has 36 heavy (non-hydrogen) atoms. The van der Waals surface area contributed by atoms with Crippen molar-refractivity contribution in [1.29, 1.82) is 0 Å². The maximum atomic E-state index is 13.5. The molecule has 0 spiro atoms. The average molecular weight is 502 g/mol. The van der Waals surface area contributed by atoms with E-state index in [1.54, 1.807) is 0 Å². The van der Waals surface area contributed by atoms with Gasteiger partial charge in [0, 0.05) is 24.4 Å². The molecule has 6 heteroatoms. The lowest BCUT2D eigenvalue weighted by Crippen LogP contribution is -2.26. The van der Waals surface area contributed by atoms with Gasteiger partial charge in [0.25, 0.3) is 5.91 Å². The van der Waals surface area contributed by atoms with E-state index in [1.165, 1.54) is 34.6 Å². The van der Waals surface area contributed by atoms with E-state index in [9.17, 15) is 9.18 Å². The second-order valence-electron chi connectivity index (χ2n) is 8.88. The molecule has 0 radical (unpaired) electrons. The highest BCUT2D eigenvalue weighted by molar-refractivity contribution is 7.09. The number of amides is 1. The molecule has 1 N–H and O–H groups in total. The maximum absolute atomic E-state index is 13.5. The molecule has 0 unspecified atom stereocenters. The average Bonchev–Trinajstić information content (AvgIpc) is 3.38. The third kappa shape index (κ3) is 7.33. The van der Waals surface area contributed by atoms with Crippen molar-refractivity contribution in [3.63, 3.8) is 0 Å². The Morgan fingerprint density at radius 2 is 1.58 bits per heavy atom. The Bertz CT molecular complexity index is 1170. The van der Waals surface area contributed by atoms with Gasteiger partial charge >= 0.3 is 0 Å². The van der Waals surface area contributed by atoms with Crippen LogP contribution in [0.1, 0.15) is 57.9 Å². The lowest BCUT2D eigenvalue weighted by atomic mass is 9.88. The molecule has 0 atom stereocenters. The summed E-state index contributed by atoms with van der Waals surface area (Å²) in [5.74, 6) is -0.103. The van der Waals surface area contributed by atoms with Crippen LogP contribution in [0.5, 0.6) is 0 Å². The zero-order valence-corrected chi connectivity index (χ0v) is 21.4. The van der Waals surface area contributed by atoms with Gasteiger partial charge in [0.15, 0.2) is 0 Å². The van der Waals surface area contributed by atoms with Gasteiger partial charge in [0.1, 0.15) is 16.5 Å². The number of carbonyl (C=O) groups is 1. The number of halogens is 1. The second kappa shape index (κ2) is 13.1. The van der Waals surface area contributed by atoms with Gasteiger partial charge in [0.05, 0.1) is 6.54 Å². The first kappa shape index (κ1) is 25.7. The molecule has 0 saturated carbocycles. The van der Waals surface area contributed by atoms with Crippen molar-refractivity contribution in [2.24, 2.45) is 0 Å². The van der Waals surface area contributed by atoms with Crippen molar-refractivity contribution in [1.82, 2.24) is 15.2 Å². The van der Waals surface area contributed by atoms with Gasteiger partial charge in [-0.2, -0.15) is 0 Å². The normalized spacial score (nSPS) is 11.2. The molecule has 4 rings (SSSR count). The molecular weight excluding hydrogens is 469 g/mol. The van der Waals surface area contributed by atoms with Gasteiger partial charge in [-0.1, -0.05) is 79.7 Å². The van der Waals surface area contributed by atoms with Crippen LogP contribution in [-0.2, 0) is 13.1 Å². The van der Waals surface area contributed by atoms with Gasteiger partial charge < -0.3 is 5.32 Å². The molecule has 0 aliphatic rings. The van der Waals surface area contributed by atoms with Crippen molar-refractivity contribution in [2.75, 3.05) is 13.1 Å². The minimum atomic E-state index is -0.235. The highest BCUT2D eigenvalue weighted by Gasteiger charge is 2.18. The lowest BCUT2D eigenvalue weighted by Gasteiger charge is -2.25. The fourth-order valence-electron chi connectivity index (χ4n) is 4.28. The summed E-state index contributed by atoms with van der Waals surface area (Å²) in [5.41, 5.74) is 4.09. The van der Waals surface area contributed by atoms with Crippen molar-refractivity contribution < 1.29 is 9.18 Å². The third-order valence-electron chi connectivity index (χ3n) is 6.14. The number of benzene rings is 3. The molecule has 1 aromatic heterocycles. The molecule has 0 aliphatic heterocycles. The fraction of sp³-hybridized carbons (Fsp3) is 0.267. The summed E-state index contributed by atoms with van der Waals surface area (Å²) >= 11 is 1.51. The Balaban J connectivity index is 1.52. The largest absolute Gasteiger partial charge is 0.351 e. The van der Waals surface area contributed by atoms with Crippen molar-refractivity contribution in [3.05, 3.63) is 124 Å². The molecule has 0 fully saturated rings. The molecular formula is C30H32FN3OS. The summed E-state index contributed by atoms with van der Waals surface area (Å²) in [6.07, 6.45) is 1.81. The molecule has 0 saturated heterocycles. The Hall–Kier alpha value is -3.35. The first-order valence-corrected chi connectivity index (χ1v) is 13.3. The highest BCUT2D eigenvalue weighted by atomic mass is 32.1. The second-order valence-corrected chi connectivity index (χ2v) is 9.82.